The fourth-order valence-electron chi connectivity index (χ4n) is 2.66. The molecule has 0 radical (unpaired) electrons. The molecule has 0 fully saturated rings. The lowest BCUT2D eigenvalue weighted by Crippen LogP contribution is -2.41. The van der Waals surface area contributed by atoms with E-state index in [0.29, 0.717) is 6.61 Å². The van der Waals surface area contributed by atoms with E-state index in [1.54, 1.807) is 0 Å². The first kappa shape index (κ1) is 18.8. The highest BCUT2D eigenvalue weighted by Crippen LogP contribution is 2.17. The van der Waals surface area contributed by atoms with Crippen LogP contribution >= 0.6 is 0 Å². The second-order valence-corrected chi connectivity index (χ2v) is 6.27. The summed E-state index contributed by atoms with van der Waals surface area (Å²) in [6, 6.07) is 18.1. The van der Waals surface area contributed by atoms with Crippen LogP contribution in [0.4, 0.5) is 4.79 Å². The highest BCUT2D eigenvalue weighted by atomic mass is 16.5. The number of hydrogen-bond acceptors (Lipinski definition) is 2. The number of carbonyl (C=O) groups excluding carboxylic acids is 1. The third-order valence-corrected chi connectivity index (χ3v) is 4.13. The minimum atomic E-state index is -0.137. The number of aryl methyl sites for hydroxylation is 1. The molecule has 2 N–H and O–H groups in total. The molecule has 0 aliphatic heterocycles. The maximum atomic E-state index is 12.2. The molecule has 0 bridgehead atoms. The van der Waals surface area contributed by atoms with Gasteiger partial charge in [0.25, 0.3) is 0 Å². The zero-order chi connectivity index (χ0) is 18.1. The predicted octanol–water partition coefficient (Wildman–Crippen LogP) is 4.47. The standard InChI is InChI=1S/C21H28N2O2/c1-4-25-20-14-12-19(13-15-20)17(3)23-21(24)22-16(2)10-11-18-8-6-5-7-9-18/h5-9,12-17H,4,10-11H2,1-3H3,(H2,22,23,24). The van der Waals surface area contributed by atoms with Crippen LogP contribution in [0.2, 0.25) is 0 Å². The molecule has 2 atom stereocenters. The van der Waals surface area contributed by atoms with E-state index in [-0.39, 0.29) is 18.1 Å². The van der Waals surface area contributed by atoms with Gasteiger partial charge in [-0.15, -0.1) is 0 Å². The van der Waals surface area contributed by atoms with Gasteiger partial charge >= 0.3 is 6.03 Å². The second kappa shape index (κ2) is 9.72. The van der Waals surface area contributed by atoms with Crippen LogP contribution in [0.5, 0.6) is 5.75 Å². The van der Waals surface area contributed by atoms with Crippen LogP contribution in [0.3, 0.4) is 0 Å². The van der Waals surface area contributed by atoms with Crippen LogP contribution in [0.15, 0.2) is 54.6 Å². The van der Waals surface area contributed by atoms with Crippen molar-refractivity contribution in [2.45, 2.75) is 45.7 Å². The summed E-state index contributed by atoms with van der Waals surface area (Å²) in [5.74, 6) is 0.845. The fourth-order valence-corrected chi connectivity index (χ4v) is 2.66. The smallest absolute Gasteiger partial charge is 0.315 e. The molecule has 4 nitrogen and oxygen atoms in total. The van der Waals surface area contributed by atoms with Crippen LogP contribution in [-0.2, 0) is 6.42 Å². The molecule has 4 heteroatoms. The Balaban J connectivity index is 1.76. The van der Waals surface area contributed by atoms with E-state index < -0.39 is 0 Å². The largest absolute Gasteiger partial charge is 0.494 e. The Morgan fingerprint density at radius 3 is 2.32 bits per heavy atom. The molecule has 134 valence electrons. The summed E-state index contributed by atoms with van der Waals surface area (Å²) >= 11 is 0. The third kappa shape index (κ3) is 6.49. The zero-order valence-electron chi connectivity index (χ0n) is 15.3. The summed E-state index contributed by atoms with van der Waals surface area (Å²) in [7, 11) is 0. The molecule has 0 saturated carbocycles. The Morgan fingerprint density at radius 1 is 1.00 bits per heavy atom. The lowest BCUT2D eigenvalue weighted by molar-refractivity contribution is 0.234. The van der Waals surface area contributed by atoms with Crippen molar-refractivity contribution in [3.8, 4) is 5.75 Å². The van der Waals surface area contributed by atoms with Gasteiger partial charge in [-0.2, -0.15) is 0 Å². The molecule has 2 aromatic carbocycles. The fraction of sp³-hybridized carbons (Fsp3) is 0.381. The molecule has 0 aliphatic rings. The van der Waals surface area contributed by atoms with Gasteiger partial charge in [-0.05, 0) is 56.9 Å². The van der Waals surface area contributed by atoms with Gasteiger partial charge in [0.1, 0.15) is 5.75 Å². The summed E-state index contributed by atoms with van der Waals surface area (Å²) in [6.07, 6.45) is 1.87. The molecule has 0 aromatic heterocycles. The van der Waals surface area contributed by atoms with E-state index in [1.165, 1.54) is 5.56 Å². The van der Waals surface area contributed by atoms with Gasteiger partial charge in [-0.25, -0.2) is 4.79 Å². The molecular weight excluding hydrogens is 312 g/mol. The van der Waals surface area contributed by atoms with Crippen molar-refractivity contribution in [3.63, 3.8) is 0 Å². The summed E-state index contributed by atoms with van der Waals surface area (Å²) in [5.41, 5.74) is 2.34. The van der Waals surface area contributed by atoms with Crippen LogP contribution in [0, 0.1) is 0 Å². The number of hydrogen-bond donors (Lipinski definition) is 2. The molecule has 2 amide bonds. The Hall–Kier alpha value is -2.49. The first-order chi connectivity index (χ1) is 12.1. The van der Waals surface area contributed by atoms with Crippen molar-refractivity contribution in [3.05, 3.63) is 65.7 Å². The SMILES string of the molecule is CCOc1ccc(C(C)NC(=O)NC(C)CCc2ccccc2)cc1. The molecule has 2 unspecified atom stereocenters. The first-order valence-corrected chi connectivity index (χ1v) is 8.92. The average Bonchev–Trinajstić information content (AvgIpc) is 2.61. The van der Waals surface area contributed by atoms with Gasteiger partial charge in [0, 0.05) is 6.04 Å². The van der Waals surface area contributed by atoms with Crippen molar-refractivity contribution in [2.75, 3.05) is 6.61 Å². The van der Waals surface area contributed by atoms with E-state index in [1.807, 2.05) is 63.2 Å². The van der Waals surface area contributed by atoms with E-state index in [2.05, 4.69) is 22.8 Å². The number of nitrogens with one attached hydrogen (secondary N) is 2. The highest BCUT2D eigenvalue weighted by Gasteiger charge is 2.12. The molecule has 25 heavy (non-hydrogen) atoms. The molecule has 2 aromatic rings. The third-order valence-electron chi connectivity index (χ3n) is 4.13. The topological polar surface area (TPSA) is 50.4 Å². The summed E-state index contributed by atoms with van der Waals surface area (Å²) in [6.45, 7) is 6.62. The van der Waals surface area contributed by atoms with Gasteiger partial charge in [-0.1, -0.05) is 42.5 Å². The maximum Gasteiger partial charge on any atom is 0.315 e. The number of urea groups is 1. The van der Waals surface area contributed by atoms with Gasteiger partial charge in [-0.3, -0.25) is 0 Å². The molecule has 0 spiro atoms. The van der Waals surface area contributed by atoms with Gasteiger partial charge in [0.05, 0.1) is 12.6 Å². The van der Waals surface area contributed by atoms with Gasteiger partial charge in [0.2, 0.25) is 0 Å². The molecular formula is C21H28N2O2. The van der Waals surface area contributed by atoms with E-state index in [0.717, 1.165) is 24.2 Å². The highest BCUT2D eigenvalue weighted by molar-refractivity contribution is 5.74. The minimum Gasteiger partial charge on any atom is -0.494 e. The Bertz CT molecular complexity index is 641. The quantitative estimate of drug-likeness (QED) is 0.745. The monoisotopic (exact) mass is 340 g/mol. The zero-order valence-corrected chi connectivity index (χ0v) is 15.3. The first-order valence-electron chi connectivity index (χ1n) is 8.92. The van der Waals surface area contributed by atoms with Crippen LogP contribution in [0.1, 0.15) is 44.4 Å². The van der Waals surface area contributed by atoms with Crippen molar-refractivity contribution in [1.29, 1.82) is 0 Å². The van der Waals surface area contributed by atoms with E-state index >= 15 is 0 Å². The van der Waals surface area contributed by atoms with Crippen LogP contribution in [0.25, 0.3) is 0 Å². The number of ether oxygens (including phenoxy) is 1. The van der Waals surface area contributed by atoms with E-state index in [9.17, 15) is 4.79 Å². The lowest BCUT2D eigenvalue weighted by atomic mass is 10.1. The van der Waals surface area contributed by atoms with Crippen LogP contribution < -0.4 is 15.4 Å². The molecule has 2 rings (SSSR count). The van der Waals surface area contributed by atoms with Crippen molar-refractivity contribution in [2.24, 2.45) is 0 Å². The van der Waals surface area contributed by atoms with Crippen molar-refractivity contribution >= 4 is 6.03 Å². The summed E-state index contributed by atoms with van der Waals surface area (Å²) in [4.78, 5) is 12.2. The van der Waals surface area contributed by atoms with Crippen LogP contribution in [-0.4, -0.2) is 18.7 Å². The number of amides is 2. The molecule has 0 heterocycles. The lowest BCUT2D eigenvalue weighted by Gasteiger charge is -2.19. The number of carbonyl (C=O) groups is 1. The second-order valence-electron chi connectivity index (χ2n) is 6.27. The molecule has 0 saturated heterocycles. The molecule has 0 aliphatic carbocycles. The van der Waals surface area contributed by atoms with E-state index in [4.69, 9.17) is 4.74 Å². The Kier molecular flexibility index (Phi) is 7.33. The minimum absolute atomic E-state index is 0.0583. The maximum absolute atomic E-state index is 12.2. The number of benzene rings is 2. The Labute approximate surface area is 150 Å². The Morgan fingerprint density at radius 2 is 1.68 bits per heavy atom. The summed E-state index contributed by atoms with van der Waals surface area (Å²) in [5, 5.41) is 5.99. The predicted molar refractivity (Wildman–Crippen MR) is 102 cm³/mol. The number of rotatable bonds is 8. The van der Waals surface area contributed by atoms with Crippen molar-refractivity contribution < 1.29 is 9.53 Å². The normalized spacial score (nSPS) is 12.9. The average molecular weight is 340 g/mol. The summed E-state index contributed by atoms with van der Waals surface area (Å²) < 4.78 is 5.44. The van der Waals surface area contributed by atoms with Crippen molar-refractivity contribution in [1.82, 2.24) is 10.6 Å². The van der Waals surface area contributed by atoms with Gasteiger partial charge in [0.15, 0.2) is 0 Å². The van der Waals surface area contributed by atoms with Gasteiger partial charge < -0.3 is 15.4 Å².